The maximum absolute atomic E-state index is 15.7. The maximum atomic E-state index is 15.7. The molecular weight excluding hydrogens is 652 g/mol. The highest BCUT2D eigenvalue weighted by molar-refractivity contribution is 5.82. The number of hydrogen-bond donors (Lipinski definition) is 1. The van der Waals surface area contributed by atoms with E-state index in [1.165, 1.54) is 6.07 Å². The lowest BCUT2D eigenvalue weighted by Gasteiger charge is -2.38. The van der Waals surface area contributed by atoms with Crippen LogP contribution < -0.4 is 5.56 Å². The van der Waals surface area contributed by atoms with Crippen LogP contribution in [0.15, 0.2) is 41.2 Å². The van der Waals surface area contributed by atoms with Gasteiger partial charge in [0.15, 0.2) is 5.78 Å². The molecule has 1 aliphatic rings. The molecule has 1 aliphatic heterocycles. The standard InChI is InChI=1S/C36H41F6N3O4/c1-20(2)13-29(45-34(49)23(5)14-26(43-45)11-12-44-18-35(38,39)19-44)30(46)10-9-24(17-31(47)48)27-15-25(16-28(33(27)37)36(40,41)42)32-21(3)7-6-8-22(32)4/h6-8,14-16,20,24,29H,9-13,17-19H2,1-5H3,(H,47,48)/t24-,29-/m0/s1. The van der Waals surface area contributed by atoms with Gasteiger partial charge >= 0.3 is 12.1 Å². The number of halogens is 6. The number of aliphatic carboxylic acids is 1. The fourth-order valence-corrected chi connectivity index (χ4v) is 6.52. The summed E-state index contributed by atoms with van der Waals surface area (Å²) in [5, 5.41) is 14.1. The van der Waals surface area contributed by atoms with Crippen molar-refractivity contribution >= 4 is 11.8 Å². The van der Waals surface area contributed by atoms with Crippen molar-refractivity contribution in [3.63, 3.8) is 0 Å². The van der Waals surface area contributed by atoms with Crippen molar-refractivity contribution < 1.29 is 41.0 Å². The Labute approximate surface area is 280 Å². The molecule has 49 heavy (non-hydrogen) atoms. The van der Waals surface area contributed by atoms with E-state index in [-0.39, 0.29) is 62.4 Å². The molecule has 13 heteroatoms. The summed E-state index contributed by atoms with van der Waals surface area (Å²) in [6.07, 6.45) is -6.08. The third kappa shape index (κ3) is 9.17. The number of rotatable bonds is 14. The Kier molecular flexibility index (Phi) is 11.5. The molecule has 0 aliphatic carbocycles. The molecule has 4 rings (SSSR count). The average molecular weight is 694 g/mol. The molecule has 2 heterocycles. The lowest BCUT2D eigenvalue weighted by molar-refractivity contribution is -0.140. The number of carboxylic acids is 1. The van der Waals surface area contributed by atoms with Gasteiger partial charge in [0, 0.05) is 24.9 Å². The smallest absolute Gasteiger partial charge is 0.419 e. The Morgan fingerprint density at radius 2 is 1.65 bits per heavy atom. The van der Waals surface area contributed by atoms with Crippen LogP contribution in [0.2, 0.25) is 0 Å². The van der Waals surface area contributed by atoms with Gasteiger partial charge in [-0.1, -0.05) is 32.0 Å². The predicted octanol–water partition coefficient (Wildman–Crippen LogP) is 7.68. The molecule has 266 valence electrons. The topological polar surface area (TPSA) is 92.5 Å². The summed E-state index contributed by atoms with van der Waals surface area (Å²) in [4.78, 5) is 40.6. The number of likely N-dealkylation sites (tertiary alicyclic amines) is 1. The van der Waals surface area contributed by atoms with Gasteiger partial charge in [-0.2, -0.15) is 18.3 Å². The zero-order valence-electron chi connectivity index (χ0n) is 28.1. The molecule has 2 aromatic carbocycles. The van der Waals surface area contributed by atoms with Crippen molar-refractivity contribution in [1.82, 2.24) is 14.7 Å². The summed E-state index contributed by atoms with van der Waals surface area (Å²) < 4.78 is 85.9. The summed E-state index contributed by atoms with van der Waals surface area (Å²) in [6, 6.07) is 7.55. The second-order valence-corrected chi connectivity index (χ2v) is 13.5. The number of nitrogens with zero attached hydrogens (tertiary/aromatic N) is 3. The first-order valence-corrected chi connectivity index (χ1v) is 16.2. The molecular formula is C36H41F6N3O4. The van der Waals surface area contributed by atoms with Crippen molar-refractivity contribution in [2.24, 2.45) is 5.92 Å². The number of alkyl halides is 5. The summed E-state index contributed by atoms with van der Waals surface area (Å²) in [6.45, 7) is 8.12. The third-order valence-corrected chi connectivity index (χ3v) is 8.90. The molecule has 0 bridgehead atoms. The van der Waals surface area contributed by atoms with Crippen molar-refractivity contribution in [2.45, 2.75) is 90.8 Å². The predicted molar refractivity (Wildman–Crippen MR) is 172 cm³/mol. The van der Waals surface area contributed by atoms with Gasteiger partial charge in [-0.3, -0.25) is 19.3 Å². The molecule has 1 aromatic heterocycles. The number of benzene rings is 2. The largest absolute Gasteiger partial charge is 0.481 e. The number of ketones is 1. The molecule has 0 amide bonds. The van der Waals surface area contributed by atoms with E-state index in [1.807, 2.05) is 13.8 Å². The van der Waals surface area contributed by atoms with Gasteiger partial charge in [-0.05, 0) is 91.5 Å². The number of carboxylic acid groups (broad SMARTS) is 1. The number of Topliss-reactive ketones (excluding diaryl/α,β-unsaturated/α-hetero) is 1. The van der Waals surface area contributed by atoms with Gasteiger partial charge in [-0.25, -0.2) is 17.9 Å². The van der Waals surface area contributed by atoms with Gasteiger partial charge in [0.05, 0.1) is 30.8 Å². The summed E-state index contributed by atoms with van der Waals surface area (Å²) >= 11 is 0. The van der Waals surface area contributed by atoms with Crippen LogP contribution in [0.1, 0.15) is 85.0 Å². The van der Waals surface area contributed by atoms with Gasteiger partial charge < -0.3 is 5.11 Å². The minimum atomic E-state index is -5.08. The lowest BCUT2D eigenvalue weighted by atomic mass is 9.84. The van der Waals surface area contributed by atoms with Crippen LogP contribution in [0.4, 0.5) is 26.3 Å². The van der Waals surface area contributed by atoms with E-state index >= 15 is 4.39 Å². The van der Waals surface area contributed by atoms with Gasteiger partial charge in [0.1, 0.15) is 11.9 Å². The number of aryl methyl sites for hydroxylation is 3. The normalized spacial score (nSPS) is 16.0. The number of carbonyl (C=O) groups is 2. The van der Waals surface area contributed by atoms with Crippen LogP contribution in [0.25, 0.3) is 11.1 Å². The fourth-order valence-electron chi connectivity index (χ4n) is 6.52. The molecule has 1 N–H and O–H groups in total. The SMILES string of the molecule is Cc1cccc(C)c1-c1cc([C@@H](CCC(=O)[C@H](CC(C)C)n2nc(CCN3CC(F)(F)C3)cc(C)c2=O)CC(=O)O)c(F)c(C(F)(F)F)c1. The Bertz CT molecular complexity index is 1740. The summed E-state index contributed by atoms with van der Waals surface area (Å²) in [7, 11) is 0. The molecule has 0 saturated carbocycles. The first-order chi connectivity index (χ1) is 22.8. The average Bonchev–Trinajstić information content (AvgIpc) is 2.97. The Morgan fingerprint density at radius 3 is 2.20 bits per heavy atom. The molecule has 1 saturated heterocycles. The lowest BCUT2D eigenvalue weighted by Crippen LogP contribution is -2.56. The van der Waals surface area contributed by atoms with Crippen LogP contribution in [-0.4, -0.2) is 57.1 Å². The van der Waals surface area contributed by atoms with E-state index in [9.17, 15) is 41.4 Å². The fraction of sp³-hybridized carbons (Fsp3) is 0.500. The van der Waals surface area contributed by atoms with Crippen molar-refractivity contribution in [3.8, 4) is 11.1 Å². The second kappa shape index (κ2) is 14.9. The number of aromatic nitrogens is 2. The molecule has 7 nitrogen and oxygen atoms in total. The first kappa shape index (κ1) is 37.8. The maximum Gasteiger partial charge on any atom is 0.419 e. The van der Waals surface area contributed by atoms with E-state index in [1.54, 1.807) is 49.9 Å². The molecule has 0 radical (unpaired) electrons. The van der Waals surface area contributed by atoms with Gasteiger partial charge in [0.25, 0.3) is 11.5 Å². The van der Waals surface area contributed by atoms with Crippen molar-refractivity contribution in [1.29, 1.82) is 0 Å². The van der Waals surface area contributed by atoms with E-state index in [0.29, 0.717) is 22.4 Å². The minimum Gasteiger partial charge on any atom is -0.481 e. The van der Waals surface area contributed by atoms with E-state index < -0.39 is 64.7 Å². The Morgan fingerprint density at radius 1 is 1.02 bits per heavy atom. The first-order valence-electron chi connectivity index (χ1n) is 16.2. The van der Waals surface area contributed by atoms with Crippen LogP contribution in [0.3, 0.4) is 0 Å². The van der Waals surface area contributed by atoms with Crippen molar-refractivity contribution in [3.05, 3.63) is 86.1 Å². The van der Waals surface area contributed by atoms with Crippen LogP contribution >= 0.6 is 0 Å². The van der Waals surface area contributed by atoms with Crippen LogP contribution in [0.5, 0.6) is 0 Å². The summed E-state index contributed by atoms with van der Waals surface area (Å²) in [5.41, 5.74) is -0.0149. The van der Waals surface area contributed by atoms with Crippen LogP contribution in [0, 0.1) is 32.5 Å². The summed E-state index contributed by atoms with van der Waals surface area (Å²) in [5.74, 6) is -7.65. The number of carbonyl (C=O) groups excluding carboxylic acids is 1. The second-order valence-electron chi connectivity index (χ2n) is 13.5. The van der Waals surface area contributed by atoms with Gasteiger partial charge in [-0.15, -0.1) is 0 Å². The highest BCUT2D eigenvalue weighted by atomic mass is 19.4. The minimum absolute atomic E-state index is 0.0729. The Balaban J connectivity index is 1.68. The highest BCUT2D eigenvalue weighted by Gasteiger charge is 2.43. The zero-order chi connectivity index (χ0) is 36.4. The van der Waals surface area contributed by atoms with Gasteiger partial charge in [0.2, 0.25) is 0 Å². The number of hydrogen-bond acceptors (Lipinski definition) is 5. The monoisotopic (exact) mass is 693 g/mol. The molecule has 1 fully saturated rings. The molecule has 3 aromatic rings. The Hall–Kier alpha value is -4.00. The molecule has 2 atom stereocenters. The van der Waals surface area contributed by atoms with Crippen molar-refractivity contribution in [2.75, 3.05) is 19.6 Å². The van der Waals surface area contributed by atoms with E-state index in [0.717, 1.165) is 10.7 Å². The van der Waals surface area contributed by atoms with E-state index in [2.05, 4.69) is 5.10 Å². The zero-order valence-corrected chi connectivity index (χ0v) is 28.1. The molecule has 0 unspecified atom stereocenters. The third-order valence-electron chi connectivity index (χ3n) is 8.90. The quantitative estimate of drug-likeness (QED) is 0.174. The molecule has 0 spiro atoms. The van der Waals surface area contributed by atoms with E-state index in [4.69, 9.17) is 0 Å². The highest BCUT2D eigenvalue weighted by Crippen LogP contribution is 2.41. The van der Waals surface area contributed by atoms with Crippen LogP contribution in [-0.2, 0) is 22.2 Å².